The lowest BCUT2D eigenvalue weighted by Crippen LogP contribution is -2.20. The number of aromatic nitrogens is 3. The summed E-state index contributed by atoms with van der Waals surface area (Å²) in [5.41, 5.74) is 0. The van der Waals surface area contributed by atoms with Crippen molar-refractivity contribution in [3.8, 4) is 11.8 Å². The molecule has 0 atom stereocenters. The predicted octanol–water partition coefficient (Wildman–Crippen LogP) is 0.257. The van der Waals surface area contributed by atoms with Crippen LogP contribution in [0.2, 0.25) is 0 Å². The third kappa shape index (κ3) is 8.08. The van der Waals surface area contributed by atoms with Gasteiger partial charge in [-0.2, -0.15) is 0 Å². The molecular formula is C13H20N4O2. The maximum absolute atomic E-state index is 11.0. The summed E-state index contributed by atoms with van der Waals surface area (Å²) in [6.45, 7) is 4.99. The van der Waals surface area contributed by atoms with E-state index in [0.29, 0.717) is 6.61 Å². The first-order valence-electron chi connectivity index (χ1n) is 6.41. The van der Waals surface area contributed by atoms with Gasteiger partial charge in [0, 0.05) is 19.3 Å². The van der Waals surface area contributed by atoms with Gasteiger partial charge in [-0.15, -0.1) is 5.10 Å². The minimum absolute atomic E-state index is 0.0904. The third-order valence-corrected chi connectivity index (χ3v) is 2.35. The van der Waals surface area contributed by atoms with Gasteiger partial charge in [0.25, 0.3) is 0 Å². The number of ketones is 1. The first-order chi connectivity index (χ1) is 9.33. The molecule has 0 aliphatic carbocycles. The molecule has 0 bridgehead atoms. The molecule has 1 rings (SSSR count). The zero-order valence-electron chi connectivity index (χ0n) is 11.3. The van der Waals surface area contributed by atoms with Crippen molar-refractivity contribution in [3.05, 3.63) is 12.4 Å². The van der Waals surface area contributed by atoms with Crippen LogP contribution in [0.5, 0.6) is 0 Å². The summed E-state index contributed by atoms with van der Waals surface area (Å²) < 4.78 is 7.01. The van der Waals surface area contributed by atoms with Crippen LogP contribution in [0.25, 0.3) is 0 Å². The van der Waals surface area contributed by atoms with Crippen molar-refractivity contribution in [1.29, 1.82) is 0 Å². The SMILES string of the molecule is CC#CC(=O)COCCCNCCCn1ccnn1. The summed E-state index contributed by atoms with van der Waals surface area (Å²) in [6, 6.07) is 0. The van der Waals surface area contributed by atoms with E-state index >= 15 is 0 Å². The molecule has 0 fully saturated rings. The maximum atomic E-state index is 11.0. The van der Waals surface area contributed by atoms with E-state index in [1.54, 1.807) is 13.1 Å². The van der Waals surface area contributed by atoms with Crippen LogP contribution < -0.4 is 5.32 Å². The van der Waals surface area contributed by atoms with Crippen LogP contribution in [0.3, 0.4) is 0 Å². The molecule has 6 heteroatoms. The Labute approximate surface area is 113 Å². The summed E-state index contributed by atoms with van der Waals surface area (Å²) in [7, 11) is 0. The van der Waals surface area contributed by atoms with Gasteiger partial charge in [-0.25, -0.2) is 0 Å². The molecule has 0 amide bonds. The molecule has 1 N–H and O–H groups in total. The van der Waals surface area contributed by atoms with Crippen LogP contribution in [-0.2, 0) is 16.1 Å². The number of ether oxygens (including phenoxy) is 1. The Morgan fingerprint density at radius 2 is 2.26 bits per heavy atom. The molecule has 104 valence electrons. The Kier molecular flexibility index (Phi) is 8.27. The van der Waals surface area contributed by atoms with E-state index in [2.05, 4.69) is 27.5 Å². The van der Waals surface area contributed by atoms with Gasteiger partial charge >= 0.3 is 0 Å². The van der Waals surface area contributed by atoms with Gasteiger partial charge in [-0.1, -0.05) is 11.1 Å². The number of hydrogen-bond donors (Lipinski definition) is 1. The van der Waals surface area contributed by atoms with Crippen molar-refractivity contribution < 1.29 is 9.53 Å². The van der Waals surface area contributed by atoms with E-state index in [-0.39, 0.29) is 12.4 Å². The number of carbonyl (C=O) groups excluding carboxylic acids is 1. The summed E-state index contributed by atoms with van der Waals surface area (Å²) in [5.74, 6) is 4.82. The number of carbonyl (C=O) groups is 1. The highest BCUT2D eigenvalue weighted by atomic mass is 16.5. The van der Waals surface area contributed by atoms with Crippen molar-refractivity contribution in [2.75, 3.05) is 26.3 Å². The summed E-state index contributed by atoms with van der Waals surface area (Å²) in [5, 5.41) is 10.9. The highest BCUT2D eigenvalue weighted by molar-refractivity contribution is 5.96. The zero-order chi connectivity index (χ0) is 13.8. The maximum Gasteiger partial charge on any atom is 0.231 e. The molecule has 0 radical (unpaired) electrons. The fourth-order valence-corrected chi connectivity index (χ4v) is 1.48. The minimum Gasteiger partial charge on any atom is -0.373 e. The van der Waals surface area contributed by atoms with E-state index < -0.39 is 0 Å². The highest BCUT2D eigenvalue weighted by Gasteiger charge is 1.96. The zero-order valence-corrected chi connectivity index (χ0v) is 11.3. The second-order valence-electron chi connectivity index (χ2n) is 3.97. The monoisotopic (exact) mass is 264 g/mol. The Hall–Kier alpha value is -1.71. The molecule has 0 unspecified atom stereocenters. The van der Waals surface area contributed by atoms with Gasteiger partial charge in [-0.05, 0) is 38.8 Å². The van der Waals surface area contributed by atoms with Crippen LogP contribution in [0, 0.1) is 11.8 Å². The van der Waals surface area contributed by atoms with Gasteiger partial charge in [0.15, 0.2) is 0 Å². The van der Waals surface area contributed by atoms with Crippen LogP contribution in [-0.4, -0.2) is 47.1 Å². The fraction of sp³-hybridized carbons (Fsp3) is 0.615. The molecule has 0 saturated heterocycles. The van der Waals surface area contributed by atoms with Gasteiger partial charge in [0.2, 0.25) is 5.78 Å². The molecule has 1 aromatic rings. The lowest BCUT2D eigenvalue weighted by molar-refractivity contribution is -0.118. The predicted molar refractivity (Wildman–Crippen MR) is 71.4 cm³/mol. The normalized spacial score (nSPS) is 9.95. The van der Waals surface area contributed by atoms with Crippen LogP contribution in [0.15, 0.2) is 12.4 Å². The van der Waals surface area contributed by atoms with Crippen molar-refractivity contribution >= 4 is 5.78 Å². The number of nitrogens with zero attached hydrogens (tertiary/aromatic N) is 3. The first-order valence-corrected chi connectivity index (χ1v) is 6.41. The second-order valence-corrected chi connectivity index (χ2v) is 3.97. The summed E-state index contributed by atoms with van der Waals surface area (Å²) in [4.78, 5) is 11.0. The van der Waals surface area contributed by atoms with Crippen LogP contribution in [0.4, 0.5) is 0 Å². The quantitative estimate of drug-likeness (QED) is 0.373. The van der Waals surface area contributed by atoms with Gasteiger partial charge in [0.1, 0.15) is 6.61 Å². The van der Waals surface area contributed by atoms with Gasteiger partial charge < -0.3 is 10.1 Å². The molecule has 0 aromatic carbocycles. The molecule has 0 aliphatic rings. The van der Waals surface area contributed by atoms with Crippen LogP contribution in [0.1, 0.15) is 19.8 Å². The van der Waals surface area contributed by atoms with Crippen LogP contribution >= 0.6 is 0 Å². The Morgan fingerprint density at radius 3 is 3.00 bits per heavy atom. The number of Topliss-reactive ketones (excluding diaryl/α,β-unsaturated/α-hetero) is 1. The number of hydrogen-bond acceptors (Lipinski definition) is 5. The van der Waals surface area contributed by atoms with E-state index in [1.807, 2.05) is 10.9 Å². The molecule has 1 aromatic heterocycles. The Morgan fingerprint density at radius 1 is 1.42 bits per heavy atom. The second kappa shape index (κ2) is 10.2. The number of aryl methyl sites for hydroxylation is 1. The molecule has 0 saturated carbocycles. The Bertz CT molecular complexity index is 406. The molecule has 0 aliphatic heterocycles. The highest BCUT2D eigenvalue weighted by Crippen LogP contribution is 1.87. The standard InChI is InChI=1S/C13H20N4O2/c1-2-5-13(18)12-19-11-4-7-14-6-3-9-17-10-8-15-16-17/h8,10,14H,3-4,6-7,9,11-12H2,1H3. The van der Waals surface area contributed by atoms with Gasteiger partial charge in [0.05, 0.1) is 6.20 Å². The van der Waals surface area contributed by atoms with E-state index in [0.717, 1.165) is 32.5 Å². The minimum atomic E-state index is -0.164. The molecule has 0 spiro atoms. The van der Waals surface area contributed by atoms with Crippen molar-refractivity contribution in [2.45, 2.75) is 26.3 Å². The van der Waals surface area contributed by atoms with Gasteiger partial charge in [-0.3, -0.25) is 9.48 Å². The lowest BCUT2D eigenvalue weighted by Gasteiger charge is -2.05. The average Bonchev–Trinajstić information content (AvgIpc) is 2.90. The number of rotatable bonds is 10. The number of nitrogens with one attached hydrogen (secondary N) is 1. The average molecular weight is 264 g/mol. The first kappa shape index (κ1) is 15.3. The topological polar surface area (TPSA) is 69.0 Å². The summed E-state index contributed by atoms with van der Waals surface area (Å²) in [6.07, 6.45) is 5.42. The summed E-state index contributed by atoms with van der Waals surface area (Å²) >= 11 is 0. The smallest absolute Gasteiger partial charge is 0.231 e. The molecule has 19 heavy (non-hydrogen) atoms. The Balaban J connectivity index is 1.83. The lowest BCUT2D eigenvalue weighted by atomic mass is 10.4. The van der Waals surface area contributed by atoms with Crippen molar-refractivity contribution in [2.24, 2.45) is 0 Å². The van der Waals surface area contributed by atoms with E-state index in [9.17, 15) is 4.79 Å². The van der Waals surface area contributed by atoms with Crippen molar-refractivity contribution in [3.63, 3.8) is 0 Å². The fourth-order valence-electron chi connectivity index (χ4n) is 1.48. The molecule has 1 heterocycles. The third-order valence-electron chi connectivity index (χ3n) is 2.35. The molecule has 6 nitrogen and oxygen atoms in total. The van der Waals surface area contributed by atoms with Crippen molar-refractivity contribution in [1.82, 2.24) is 20.3 Å². The van der Waals surface area contributed by atoms with E-state index in [1.165, 1.54) is 0 Å². The molecular weight excluding hydrogens is 244 g/mol. The largest absolute Gasteiger partial charge is 0.373 e. The van der Waals surface area contributed by atoms with E-state index in [4.69, 9.17) is 4.74 Å².